The van der Waals surface area contributed by atoms with Gasteiger partial charge in [-0.05, 0) is 36.8 Å². The Labute approximate surface area is 175 Å². The Balaban J connectivity index is 1.49. The van der Waals surface area contributed by atoms with E-state index < -0.39 is 11.7 Å². The second-order valence-corrected chi connectivity index (χ2v) is 7.60. The van der Waals surface area contributed by atoms with Crippen LogP contribution in [-0.2, 0) is 11.0 Å². The number of ether oxygens (including phenoxy) is 1. The van der Waals surface area contributed by atoms with Crippen molar-refractivity contribution >= 4 is 27.7 Å². The van der Waals surface area contributed by atoms with Gasteiger partial charge in [-0.2, -0.15) is 13.2 Å². The molecule has 1 fully saturated rings. The molecule has 0 atom stereocenters. The number of aromatic nitrogens is 1. The Morgan fingerprint density at radius 2 is 1.97 bits per heavy atom. The number of carbonyl (C=O) groups is 1. The number of hydrogen-bond donors (Lipinski definition) is 0. The molecule has 1 aromatic carbocycles. The van der Waals surface area contributed by atoms with Gasteiger partial charge in [0.25, 0.3) is 0 Å². The van der Waals surface area contributed by atoms with Crippen LogP contribution in [0, 0.1) is 0 Å². The number of nitrogens with zero attached hydrogens (tertiary/aromatic N) is 3. The first kappa shape index (κ1) is 21.4. The van der Waals surface area contributed by atoms with E-state index in [2.05, 4.69) is 20.9 Å². The summed E-state index contributed by atoms with van der Waals surface area (Å²) in [6.07, 6.45) is -2.56. The van der Waals surface area contributed by atoms with Crippen LogP contribution >= 0.6 is 15.9 Å². The molecule has 3 rings (SSSR count). The molecule has 0 saturated carbocycles. The third kappa shape index (κ3) is 6.09. The number of pyridine rings is 1. The molecule has 1 saturated heterocycles. The molecule has 1 amide bonds. The molecule has 2 aromatic rings. The van der Waals surface area contributed by atoms with Crippen LogP contribution in [0.1, 0.15) is 18.4 Å². The fourth-order valence-corrected chi connectivity index (χ4v) is 3.49. The van der Waals surface area contributed by atoms with Gasteiger partial charge in [0.05, 0.1) is 18.6 Å². The predicted octanol–water partition coefficient (Wildman–Crippen LogP) is 4.37. The van der Waals surface area contributed by atoms with Crippen LogP contribution in [0.2, 0.25) is 0 Å². The molecule has 0 unspecified atom stereocenters. The van der Waals surface area contributed by atoms with E-state index in [9.17, 15) is 18.0 Å². The van der Waals surface area contributed by atoms with E-state index in [1.807, 2.05) is 29.2 Å². The van der Waals surface area contributed by atoms with E-state index in [0.29, 0.717) is 37.7 Å². The van der Waals surface area contributed by atoms with Gasteiger partial charge in [-0.15, -0.1) is 0 Å². The van der Waals surface area contributed by atoms with Crippen LogP contribution in [0.3, 0.4) is 0 Å². The molecule has 0 radical (unpaired) electrons. The van der Waals surface area contributed by atoms with Gasteiger partial charge >= 0.3 is 6.18 Å². The lowest BCUT2D eigenvalue weighted by Crippen LogP contribution is -2.36. The molecule has 1 aromatic heterocycles. The minimum Gasteiger partial charge on any atom is -0.493 e. The Bertz CT molecular complexity index is 830. The number of rotatable bonds is 5. The molecule has 29 heavy (non-hydrogen) atoms. The lowest BCUT2D eigenvalue weighted by Gasteiger charge is -2.23. The van der Waals surface area contributed by atoms with Gasteiger partial charge in [0, 0.05) is 36.8 Å². The first-order valence-electron chi connectivity index (χ1n) is 9.27. The monoisotopic (exact) mass is 471 g/mol. The predicted molar refractivity (Wildman–Crippen MR) is 107 cm³/mol. The van der Waals surface area contributed by atoms with E-state index in [1.165, 1.54) is 6.07 Å². The molecular weight excluding hydrogens is 451 g/mol. The highest BCUT2D eigenvalue weighted by Crippen LogP contribution is 2.29. The highest BCUT2D eigenvalue weighted by atomic mass is 79.9. The standard InChI is InChI=1S/C20H21BrF3N3O2/c21-16-3-1-4-17(13-16)29-12-7-19(28)27-9-2-8-26(10-11-27)18-6-5-15(14-25-18)20(22,23)24/h1,3-6,13-14H,2,7-12H2. The zero-order valence-corrected chi connectivity index (χ0v) is 17.2. The molecule has 0 spiro atoms. The van der Waals surface area contributed by atoms with Gasteiger partial charge in [0.15, 0.2) is 0 Å². The van der Waals surface area contributed by atoms with Crippen molar-refractivity contribution in [2.75, 3.05) is 37.7 Å². The Morgan fingerprint density at radius 1 is 1.14 bits per heavy atom. The van der Waals surface area contributed by atoms with E-state index >= 15 is 0 Å². The van der Waals surface area contributed by atoms with Crippen LogP contribution in [-0.4, -0.2) is 48.6 Å². The van der Waals surface area contributed by atoms with Gasteiger partial charge in [0.1, 0.15) is 11.6 Å². The maximum absolute atomic E-state index is 12.7. The average Bonchev–Trinajstić information content (AvgIpc) is 2.94. The van der Waals surface area contributed by atoms with Crippen molar-refractivity contribution in [3.8, 4) is 5.75 Å². The number of alkyl halides is 3. The number of amides is 1. The smallest absolute Gasteiger partial charge is 0.417 e. The highest BCUT2D eigenvalue weighted by molar-refractivity contribution is 9.10. The number of benzene rings is 1. The lowest BCUT2D eigenvalue weighted by molar-refractivity contribution is -0.137. The summed E-state index contributed by atoms with van der Waals surface area (Å²) >= 11 is 3.37. The molecule has 0 aliphatic carbocycles. The minimum absolute atomic E-state index is 0.00206. The largest absolute Gasteiger partial charge is 0.493 e. The van der Waals surface area contributed by atoms with Crippen molar-refractivity contribution in [3.05, 3.63) is 52.6 Å². The van der Waals surface area contributed by atoms with Gasteiger partial charge in [-0.1, -0.05) is 22.0 Å². The summed E-state index contributed by atoms with van der Waals surface area (Å²) in [6.45, 7) is 2.55. The summed E-state index contributed by atoms with van der Waals surface area (Å²) in [4.78, 5) is 20.1. The van der Waals surface area contributed by atoms with E-state index in [1.54, 1.807) is 4.90 Å². The molecule has 0 N–H and O–H groups in total. The Hall–Kier alpha value is -2.29. The summed E-state index contributed by atoms with van der Waals surface area (Å²) in [5.74, 6) is 1.19. The van der Waals surface area contributed by atoms with Gasteiger partial charge in [-0.3, -0.25) is 4.79 Å². The SMILES string of the molecule is O=C(CCOc1cccc(Br)c1)N1CCCN(c2ccc(C(F)(F)F)cn2)CC1. The molecule has 0 bridgehead atoms. The van der Waals surface area contributed by atoms with Crippen molar-refractivity contribution in [1.29, 1.82) is 0 Å². The molecular formula is C20H21BrF3N3O2. The normalized spacial score (nSPS) is 15.2. The zero-order valence-electron chi connectivity index (χ0n) is 15.7. The number of carbonyl (C=O) groups excluding carboxylic acids is 1. The van der Waals surface area contributed by atoms with Crippen LogP contribution < -0.4 is 9.64 Å². The third-order valence-corrected chi connectivity index (χ3v) is 5.12. The summed E-state index contributed by atoms with van der Waals surface area (Å²) < 4.78 is 44.6. The van der Waals surface area contributed by atoms with Crippen LogP contribution in [0.25, 0.3) is 0 Å². The van der Waals surface area contributed by atoms with E-state index in [-0.39, 0.29) is 18.9 Å². The first-order chi connectivity index (χ1) is 13.8. The van der Waals surface area contributed by atoms with Gasteiger partial charge < -0.3 is 14.5 Å². The van der Waals surface area contributed by atoms with Crippen molar-refractivity contribution in [1.82, 2.24) is 9.88 Å². The topological polar surface area (TPSA) is 45.7 Å². The van der Waals surface area contributed by atoms with Crippen molar-refractivity contribution < 1.29 is 22.7 Å². The Morgan fingerprint density at radius 3 is 2.66 bits per heavy atom. The maximum Gasteiger partial charge on any atom is 0.417 e. The highest BCUT2D eigenvalue weighted by Gasteiger charge is 2.31. The van der Waals surface area contributed by atoms with Crippen LogP contribution in [0.5, 0.6) is 5.75 Å². The zero-order chi connectivity index (χ0) is 20.9. The summed E-state index contributed by atoms with van der Waals surface area (Å²) in [5.41, 5.74) is -0.765. The summed E-state index contributed by atoms with van der Waals surface area (Å²) in [5, 5.41) is 0. The summed E-state index contributed by atoms with van der Waals surface area (Å²) in [6, 6.07) is 9.84. The molecule has 5 nitrogen and oxygen atoms in total. The second-order valence-electron chi connectivity index (χ2n) is 6.68. The van der Waals surface area contributed by atoms with Crippen molar-refractivity contribution in [3.63, 3.8) is 0 Å². The fraction of sp³-hybridized carbons (Fsp3) is 0.400. The fourth-order valence-electron chi connectivity index (χ4n) is 3.11. The number of hydrogen-bond acceptors (Lipinski definition) is 4. The first-order valence-corrected chi connectivity index (χ1v) is 10.1. The van der Waals surface area contributed by atoms with E-state index in [4.69, 9.17) is 4.74 Å². The van der Waals surface area contributed by atoms with E-state index in [0.717, 1.165) is 23.2 Å². The van der Waals surface area contributed by atoms with Crippen LogP contribution in [0.15, 0.2) is 47.1 Å². The molecule has 1 aliphatic rings. The lowest BCUT2D eigenvalue weighted by atomic mass is 10.2. The molecule has 2 heterocycles. The molecule has 1 aliphatic heterocycles. The third-order valence-electron chi connectivity index (χ3n) is 4.63. The van der Waals surface area contributed by atoms with Gasteiger partial charge in [0.2, 0.25) is 5.91 Å². The number of anilines is 1. The Kier molecular flexibility index (Phi) is 7.00. The molecule has 156 valence electrons. The number of halogens is 4. The second kappa shape index (κ2) is 9.47. The van der Waals surface area contributed by atoms with Crippen molar-refractivity contribution in [2.45, 2.75) is 19.0 Å². The maximum atomic E-state index is 12.7. The van der Waals surface area contributed by atoms with Crippen LogP contribution in [0.4, 0.5) is 19.0 Å². The van der Waals surface area contributed by atoms with Gasteiger partial charge in [-0.25, -0.2) is 4.98 Å². The summed E-state index contributed by atoms with van der Waals surface area (Å²) in [7, 11) is 0. The average molecular weight is 472 g/mol. The minimum atomic E-state index is -4.40. The molecule has 9 heteroatoms. The van der Waals surface area contributed by atoms with Crippen molar-refractivity contribution in [2.24, 2.45) is 0 Å². The quantitative estimate of drug-likeness (QED) is 0.649.